The average Bonchev–Trinajstić information content (AvgIpc) is 3.52. The summed E-state index contributed by atoms with van der Waals surface area (Å²) in [5.74, 6) is 1.48. The molecule has 2 aromatic carbocycles. The number of aromatic hydroxyl groups is 1. The number of likely N-dealkylation sites (tertiary alicyclic amines) is 1. The summed E-state index contributed by atoms with van der Waals surface area (Å²) in [6.45, 7) is 6.58. The van der Waals surface area contributed by atoms with Crippen LogP contribution in [0.15, 0.2) is 72.9 Å². The van der Waals surface area contributed by atoms with E-state index in [4.69, 9.17) is 9.72 Å². The quantitative estimate of drug-likeness (QED) is 0.210. The van der Waals surface area contributed by atoms with Crippen molar-refractivity contribution in [3.05, 3.63) is 89.6 Å². The normalized spacial score (nSPS) is 23.9. The van der Waals surface area contributed by atoms with E-state index in [0.717, 1.165) is 68.9 Å². The molecule has 0 spiro atoms. The van der Waals surface area contributed by atoms with Gasteiger partial charge in [-0.2, -0.15) is 0 Å². The molecule has 3 fully saturated rings. The molecular weight excluding hydrogens is 630 g/mol. The Labute approximate surface area is 292 Å². The van der Waals surface area contributed by atoms with Crippen molar-refractivity contribution >= 4 is 23.3 Å². The molecule has 11 heteroatoms. The molecule has 258 valence electrons. The van der Waals surface area contributed by atoms with E-state index in [1.807, 2.05) is 30.5 Å². The van der Waals surface area contributed by atoms with E-state index in [1.54, 1.807) is 12.1 Å². The zero-order valence-electron chi connectivity index (χ0n) is 28.3. The zero-order chi connectivity index (χ0) is 34.2. The van der Waals surface area contributed by atoms with Gasteiger partial charge in [0.05, 0.1) is 29.4 Å². The number of para-hydroxylation sites is 1. The maximum absolute atomic E-state index is 12.3. The summed E-state index contributed by atoms with van der Waals surface area (Å²) < 4.78 is 6.50. The number of anilines is 2. The number of carbonyl (C=O) groups is 2. The van der Waals surface area contributed by atoms with Crippen LogP contribution < -0.4 is 20.3 Å². The van der Waals surface area contributed by atoms with Gasteiger partial charge in [0.1, 0.15) is 11.9 Å². The van der Waals surface area contributed by atoms with Crippen LogP contribution in [-0.4, -0.2) is 74.8 Å². The smallest absolute Gasteiger partial charge is 0.234 e. The van der Waals surface area contributed by atoms with Crippen molar-refractivity contribution in [1.29, 1.82) is 0 Å². The van der Waals surface area contributed by atoms with Gasteiger partial charge in [0.2, 0.25) is 17.7 Å². The third-order valence-electron chi connectivity index (χ3n) is 11.2. The molecule has 4 aromatic rings. The van der Waals surface area contributed by atoms with Crippen LogP contribution in [0.4, 0.5) is 11.5 Å². The van der Waals surface area contributed by atoms with E-state index in [9.17, 15) is 14.7 Å². The first-order valence-corrected chi connectivity index (χ1v) is 17.8. The summed E-state index contributed by atoms with van der Waals surface area (Å²) in [7, 11) is 0. The molecule has 3 atom stereocenters. The fourth-order valence-corrected chi connectivity index (χ4v) is 8.28. The molecule has 1 unspecified atom stereocenters. The third-order valence-corrected chi connectivity index (χ3v) is 11.2. The lowest BCUT2D eigenvalue weighted by Gasteiger charge is -2.43. The Bertz CT molecular complexity index is 1880. The zero-order valence-corrected chi connectivity index (χ0v) is 28.3. The van der Waals surface area contributed by atoms with Crippen LogP contribution in [0, 0.1) is 0 Å². The molecule has 4 aliphatic rings. The molecule has 11 nitrogen and oxygen atoms in total. The molecule has 0 bridgehead atoms. The summed E-state index contributed by atoms with van der Waals surface area (Å²) in [5, 5.41) is 25.3. The van der Waals surface area contributed by atoms with Gasteiger partial charge in [0, 0.05) is 43.8 Å². The number of carbonyl (C=O) groups excluding carboxylic acids is 2. The van der Waals surface area contributed by atoms with Gasteiger partial charge in [-0.25, -0.2) is 4.98 Å². The fourth-order valence-electron chi connectivity index (χ4n) is 8.28. The molecule has 3 saturated heterocycles. The molecule has 50 heavy (non-hydrogen) atoms. The van der Waals surface area contributed by atoms with Gasteiger partial charge in [0.25, 0.3) is 0 Å². The second-order valence-corrected chi connectivity index (χ2v) is 14.2. The highest BCUT2D eigenvalue weighted by molar-refractivity contribution is 6.00. The van der Waals surface area contributed by atoms with Gasteiger partial charge in [-0.15, -0.1) is 10.2 Å². The summed E-state index contributed by atoms with van der Waals surface area (Å²) in [5.41, 5.74) is 5.65. The predicted molar refractivity (Wildman–Crippen MR) is 190 cm³/mol. The number of hydrogen-bond acceptors (Lipinski definition) is 10. The molecule has 0 saturated carbocycles. The number of fused-ring (bicyclic) bond motifs is 3. The number of ether oxygens (including phenoxy) is 1. The van der Waals surface area contributed by atoms with E-state index in [0.29, 0.717) is 42.4 Å². The van der Waals surface area contributed by atoms with E-state index < -0.39 is 0 Å². The maximum Gasteiger partial charge on any atom is 0.234 e. The van der Waals surface area contributed by atoms with Crippen LogP contribution in [0.2, 0.25) is 0 Å². The molecule has 0 aliphatic carbocycles. The van der Waals surface area contributed by atoms with Crippen LogP contribution in [-0.2, 0) is 16.1 Å². The number of nitrogens with one attached hydrogen (secondary N) is 2. The number of pyridine rings is 1. The fraction of sp³-hybridized carbons (Fsp3) is 0.410. The molecule has 2 amide bonds. The maximum atomic E-state index is 12.3. The predicted octanol–water partition coefficient (Wildman–Crippen LogP) is 5.38. The van der Waals surface area contributed by atoms with Crippen LogP contribution >= 0.6 is 0 Å². The van der Waals surface area contributed by atoms with Gasteiger partial charge >= 0.3 is 0 Å². The standard InChI is InChI=1S/C39H43N7O4/c1-2-39-20-29(23-46(39)33-19-32(43-44-37(33)41-24-39)31-5-3-4-6-34(31)47)50-36-14-7-25(21-40-36)22-45-17-15-27(16-18-45)26-8-10-28(11-9-26)30-12-13-35(48)42-38(30)49/h3-11,14,19,21,27,29-30,47H,2,12-13,15-18,20,22-24H2,1H3,(H,41,44)(H,42,48,49)/t29-,30?,39-/m1/s1. The Kier molecular flexibility index (Phi) is 8.60. The van der Waals surface area contributed by atoms with Gasteiger partial charge in [-0.3, -0.25) is 19.8 Å². The first kappa shape index (κ1) is 32.2. The number of aromatic nitrogens is 3. The molecular formula is C39H43N7O4. The van der Waals surface area contributed by atoms with Crippen LogP contribution in [0.5, 0.6) is 11.6 Å². The van der Waals surface area contributed by atoms with Gasteiger partial charge < -0.3 is 20.1 Å². The van der Waals surface area contributed by atoms with E-state index in [-0.39, 0.29) is 35.1 Å². The lowest BCUT2D eigenvalue weighted by atomic mass is 9.86. The molecule has 8 rings (SSSR count). The molecule has 0 radical (unpaired) electrons. The number of imide groups is 1. The number of nitrogens with zero attached hydrogens (tertiary/aromatic N) is 5. The minimum Gasteiger partial charge on any atom is -0.507 e. The second-order valence-electron chi connectivity index (χ2n) is 14.2. The van der Waals surface area contributed by atoms with E-state index in [2.05, 4.69) is 67.9 Å². The van der Waals surface area contributed by atoms with E-state index in [1.165, 1.54) is 11.1 Å². The van der Waals surface area contributed by atoms with Crippen molar-refractivity contribution < 1.29 is 19.4 Å². The van der Waals surface area contributed by atoms with Crippen molar-refractivity contribution in [3.63, 3.8) is 0 Å². The largest absolute Gasteiger partial charge is 0.507 e. The SMILES string of the molecule is CC[C@@]12CNc3nnc(-c4ccccc4O)cc3N1C[C@H](Oc1ccc(CN3CCC(c4ccc(C5CCC(=O)NC5=O)cc4)CC3)cn1)C2. The number of phenolic OH excluding ortho intramolecular Hbond substituents is 1. The average molecular weight is 674 g/mol. The van der Waals surface area contributed by atoms with Crippen LogP contribution in [0.1, 0.15) is 74.0 Å². The Morgan fingerprint density at radius 1 is 0.980 bits per heavy atom. The van der Waals surface area contributed by atoms with Crippen molar-refractivity contribution in [2.24, 2.45) is 0 Å². The molecule has 3 N–H and O–H groups in total. The van der Waals surface area contributed by atoms with Crippen molar-refractivity contribution in [2.75, 3.05) is 36.4 Å². The van der Waals surface area contributed by atoms with Crippen molar-refractivity contribution in [2.45, 2.75) is 75.5 Å². The summed E-state index contributed by atoms with van der Waals surface area (Å²) in [4.78, 5) is 33.4. The first-order valence-electron chi connectivity index (χ1n) is 17.8. The second kappa shape index (κ2) is 13.4. The summed E-state index contributed by atoms with van der Waals surface area (Å²) in [6.07, 6.45) is 6.87. The topological polar surface area (TPSA) is 133 Å². The number of phenols is 1. The van der Waals surface area contributed by atoms with Crippen molar-refractivity contribution in [1.82, 2.24) is 25.4 Å². The van der Waals surface area contributed by atoms with Gasteiger partial charge in [0.15, 0.2) is 5.82 Å². The van der Waals surface area contributed by atoms with Crippen LogP contribution in [0.3, 0.4) is 0 Å². The Hall–Kier alpha value is -5.03. The molecule has 6 heterocycles. The minimum absolute atomic E-state index is 0.0279. The minimum atomic E-state index is -0.238. The Morgan fingerprint density at radius 3 is 2.52 bits per heavy atom. The number of amides is 2. The van der Waals surface area contributed by atoms with Gasteiger partial charge in [-0.05, 0) is 79.6 Å². The van der Waals surface area contributed by atoms with Crippen LogP contribution in [0.25, 0.3) is 11.3 Å². The lowest BCUT2D eigenvalue weighted by molar-refractivity contribution is -0.134. The van der Waals surface area contributed by atoms with E-state index >= 15 is 0 Å². The number of piperidine rings is 2. The highest BCUT2D eigenvalue weighted by Crippen LogP contribution is 2.45. The first-order chi connectivity index (χ1) is 24.4. The third kappa shape index (κ3) is 6.26. The number of hydrogen-bond donors (Lipinski definition) is 3. The highest BCUT2D eigenvalue weighted by atomic mass is 16.5. The highest BCUT2D eigenvalue weighted by Gasteiger charge is 2.49. The molecule has 4 aliphatic heterocycles. The monoisotopic (exact) mass is 673 g/mol. The number of rotatable bonds is 8. The Morgan fingerprint density at radius 2 is 1.78 bits per heavy atom. The van der Waals surface area contributed by atoms with Gasteiger partial charge in [-0.1, -0.05) is 49.4 Å². The summed E-state index contributed by atoms with van der Waals surface area (Å²) >= 11 is 0. The summed E-state index contributed by atoms with van der Waals surface area (Å²) in [6, 6.07) is 21.8. The number of benzene rings is 2. The lowest BCUT2D eigenvalue weighted by Crippen LogP contribution is -2.52. The Balaban J connectivity index is 0.860. The molecule has 2 aromatic heterocycles. The van der Waals surface area contributed by atoms with Crippen molar-refractivity contribution in [3.8, 4) is 22.9 Å².